The highest BCUT2D eigenvalue weighted by molar-refractivity contribution is 8.03. The number of methoxy groups -OCH3 is 1. The number of carbonyl (C=O) groups excluding carboxylic acids is 1. The molecule has 0 amide bonds. The van der Waals surface area contributed by atoms with Crippen molar-refractivity contribution in [1.29, 1.82) is 0 Å². The number of phenolic OH excluding ortho intramolecular Hbond substituents is 1. The van der Waals surface area contributed by atoms with Crippen LogP contribution in [0.4, 0.5) is 0 Å². The van der Waals surface area contributed by atoms with Crippen LogP contribution in [0.15, 0.2) is 27.8 Å². The minimum Gasteiger partial charge on any atom is -0.508 e. The standard InChI is InChI=1S/C21H24N4O5S2/c1-11-22-18(30-24-11)15-10-31-19-17-14(6-12(8-28-2)7-16(17)26)20(27)29-5-3-4-13-9-32-21(23-15)25(13)19/h6-7,9,15,19,21,23,26H,3-5,8,10H2,1-2H3/t15?,19?,21-/m1/s1. The van der Waals surface area contributed by atoms with E-state index >= 15 is 0 Å². The van der Waals surface area contributed by atoms with Crippen molar-refractivity contribution in [2.75, 3.05) is 19.5 Å². The van der Waals surface area contributed by atoms with Crippen molar-refractivity contribution < 1.29 is 23.9 Å². The third-order valence-corrected chi connectivity index (χ3v) is 7.92. The molecule has 0 saturated carbocycles. The molecule has 0 bridgehead atoms. The van der Waals surface area contributed by atoms with Crippen molar-refractivity contribution in [3.05, 3.63) is 51.6 Å². The maximum atomic E-state index is 13.0. The number of allylic oxidation sites excluding steroid dienone is 1. The Balaban J connectivity index is 1.60. The normalized spacial score (nSPS) is 25.4. The second kappa shape index (κ2) is 8.97. The molecule has 0 radical (unpaired) electrons. The van der Waals surface area contributed by atoms with Crippen molar-refractivity contribution in [3.8, 4) is 5.75 Å². The van der Waals surface area contributed by atoms with Crippen molar-refractivity contribution in [1.82, 2.24) is 20.4 Å². The average Bonchev–Trinajstić information content (AvgIpc) is 3.32. The Bertz CT molecular complexity index is 1060. The summed E-state index contributed by atoms with van der Waals surface area (Å²) in [5.41, 5.74) is 2.71. The molecule has 11 heteroatoms. The molecule has 2 N–H and O–H groups in total. The first-order valence-electron chi connectivity index (χ1n) is 10.4. The summed E-state index contributed by atoms with van der Waals surface area (Å²) < 4.78 is 16.2. The summed E-state index contributed by atoms with van der Waals surface area (Å²) in [5.74, 6) is 1.39. The number of rotatable bonds is 3. The summed E-state index contributed by atoms with van der Waals surface area (Å²) in [6.45, 7) is 2.41. The first-order chi connectivity index (χ1) is 15.5. The predicted molar refractivity (Wildman–Crippen MR) is 120 cm³/mol. The van der Waals surface area contributed by atoms with Crippen LogP contribution in [-0.2, 0) is 16.1 Å². The van der Waals surface area contributed by atoms with Crippen LogP contribution in [0.1, 0.15) is 57.5 Å². The number of ether oxygens (including phenoxy) is 2. The predicted octanol–water partition coefficient (Wildman–Crippen LogP) is 3.43. The number of phenols is 1. The van der Waals surface area contributed by atoms with Gasteiger partial charge >= 0.3 is 5.97 Å². The zero-order chi connectivity index (χ0) is 22.2. The SMILES string of the molecule is COCc1cc(O)c2c(c1)C(=O)OCCCC1=CS[C@@H]3NC(c4nc(C)no4)CSC2N13. The molecule has 9 nitrogen and oxygen atoms in total. The maximum Gasteiger partial charge on any atom is 0.338 e. The van der Waals surface area contributed by atoms with Gasteiger partial charge in [-0.25, -0.2) is 4.79 Å². The molecule has 4 heterocycles. The molecule has 2 unspecified atom stereocenters. The quantitative estimate of drug-likeness (QED) is 0.636. The molecular formula is C21H24N4O5S2. The molecule has 1 aromatic heterocycles. The maximum absolute atomic E-state index is 13.0. The number of esters is 1. The molecule has 0 spiro atoms. The van der Waals surface area contributed by atoms with Gasteiger partial charge in [0.05, 0.1) is 24.8 Å². The average molecular weight is 477 g/mol. The topological polar surface area (TPSA) is 110 Å². The lowest BCUT2D eigenvalue weighted by Crippen LogP contribution is -2.41. The number of aromatic hydroxyl groups is 1. The molecule has 32 heavy (non-hydrogen) atoms. The molecular weight excluding hydrogens is 452 g/mol. The van der Waals surface area contributed by atoms with Gasteiger partial charge in [0, 0.05) is 24.1 Å². The smallest absolute Gasteiger partial charge is 0.338 e. The van der Waals surface area contributed by atoms with Gasteiger partial charge in [-0.05, 0) is 42.9 Å². The second-order valence-electron chi connectivity index (χ2n) is 7.84. The zero-order valence-electron chi connectivity index (χ0n) is 17.7. The fraction of sp³-hybridized carbons (Fsp3) is 0.476. The van der Waals surface area contributed by atoms with Gasteiger partial charge in [-0.1, -0.05) is 16.9 Å². The van der Waals surface area contributed by atoms with Gasteiger partial charge in [-0.3, -0.25) is 5.32 Å². The highest BCUT2D eigenvalue weighted by Gasteiger charge is 2.42. The Morgan fingerprint density at radius 2 is 2.28 bits per heavy atom. The minimum atomic E-state index is -0.425. The molecule has 0 aliphatic carbocycles. The van der Waals surface area contributed by atoms with Crippen molar-refractivity contribution in [3.63, 3.8) is 0 Å². The summed E-state index contributed by atoms with van der Waals surface area (Å²) in [6.07, 6.45) is 1.50. The van der Waals surface area contributed by atoms with Crippen LogP contribution in [0, 0.1) is 6.92 Å². The Morgan fingerprint density at radius 3 is 3.06 bits per heavy atom. The number of nitrogens with zero attached hydrogens (tertiary/aromatic N) is 3. The van der Waals surface area contributed by atoms with Gasteiger partial charge < -0.3 is 24.0 Å². The van der Waals surface area contributed by atoms with Crippen molar-refractivity contribution >= 4 is 29.5 Å². The third-order valence-electron chi connectivity index (χ3n) is 5.58. The van der Waals surface area contributed by atoms with E-state index in [2.05, 4.69) is 25.8 Å². The Labute approximate surface area is 193 Å². The van der Waals surface area contributed by atoms with Gasteiger partial charge in [0.15, 0.2) is 5.82 Å². The summed E-state index contributed by atoms with van der Waals surface area (Å²) in [4.78, 5) is 19.7. The Morgan fingerprint density at radius 1 is 1.41 bits per heavy atom. The van der Waals surface area contributed by atoms with E-state index in [0.29, 0.717) is 41.8 Å². The molecule has 5 rings (SSSR count). The Kier molecular flexibility index (Phi) is 6.06. The highest BCUT2D eigenvalue weighted by Crippen LogP contribution is 2.51. The highest BCUT2D eigenvalue weighted by atomic mass is 32.2. The summed E-state index contributed by atoms with van der Waals surface area (Å²) in [7, 11) is 1.58. The molecule has 1 aromatic carbocycles. The molecule has 170 valence electrons. The van der Waals surface area contributed by atoms with Crippen LogP contribution >= 0.6 is 23.5 Å². The summed E-state index contributed by atoms with van der Waals surface area (Å²) in [6, 6.07) is 3.28. The number of nitrogens with one attached hydrogen (secondary N) is 1. The van der Waals surface area contributed by atoms with Gasteiger partial charge in [-0.2, -0.15) is 4.98 Å². The van der Waals surface area contributed by atoms with Crippen LogP contribution in [0.2, 0.25) is 0 Å². The van der Waals surface area contributed by atoms with E-state index in [4.69, 9.17) is 14.0 Å². The number of fused-ring (bicyclic) bond motifs is 2. The third kappa shape index (κ3) is 3.98. The van der Waals surface area contributed by atoms with E-state index in [0.717, 1.165) is 24.1 Å². The zero-order valence-corrected chi connectivity index (χ0v) is 19.4. The van der Waals surface area contributed by atoms with E-state index in [9.17, 15) is 9.90 Å². The lowest BCUT2D eigenvalue weighted by molar-refractivity contribution is 0.0490. The fourth-order valence-electron chi connectivity index (χ4n) is 4.18. The van der Waals surface area contributed by atoms with E-state index in [-0.39, 0.29) is 22.7 Å². The van der Waals surface area contributed by atoms with E-state index in [1.165, 1.54) is 0 Å². The molecule has 1 fully saturated rings. The Hall–Kier alpha value is -2.21. The molecule has 3 aliphatic heterocycles. The lowest BCUT2D eigenvalue weighted by Gasteiger charge is -2.36. The number of hydrogen-bond acceptors (Lipinski definition) is 11. The summed E-state index contributed by atoms with van der Waals surface area (Å²) in [5, 5.41) is 20.5. The number of aromatic nitrogens is 2. The minimum absolute atomic E-state index is 0.0617. The van der Waals surface area contributed by atoms with E-state index in [1.807, 2.05) is 0 Å². The molecule has 3 atom stereocenters. The number of hydrogen-bond donors (Lipinski definition) is 2. The van der Waals surface area contributed by atoms with Crippen molar-refractivity contribution in [2.24, 2.45) is 0 Å². The monoisotopic (exact) mass is 476 g/mol. The number of benzene rings is 1. The molecule has 3 aliphatic rings. The number of carbonyl (C=O) groups is 1. The summed E-state index contributed by atoms with van der Waals surface area (Å²) >= 11 is 3.30. The van der Waals surface area contributed by atoms with E-state index < -0.39 is 5.97 Å². The van der Waals surface area contributed by atoms with Crippen LogP contribution in [0.5, 0.6) is 5.75 Å². The van der Waals surface area contributed by atoms with Crippen LogP contribution in [0.25, 0.3) is 0 Å². The number of cyclic esters (lactones) is 1. The lowest BCUT2D eigenvalue weighted by atomic mass is 10.0. The van der Waals surface area contributed by atoms with E-state index in [1.54, 1.807) is 49.7 Å². The van der Waals surface area contributed by atoms with Crippen LogP contribution < -0.4 is 5.32 Å². The van der Waals surface area contributed by atoms with Crippen molar-refractivity contribution in [2.45, 2.75) is 43.3 Å². The van der Waals surface area contributed by atoms with Crippen LogP contribution in [0.3, 0.4) is 0 Å². The van der Waals surface area contributed by atoms with Gasteiger partial charge in [0.1, 0.15) is 16.6 Å². The molecule has 2 aromatic rings. The van der Waals surface area contributed by atoms with Gasteiger partial charge in [0.25, 0.3) is 0 Å². The first kappa shape index (κ1) is 21.6. The number of thioether (sulfide) groups is 2. The van der Waals surface area contributed by atoms with Crippen LogP contribution in [-0.4, -0.2) is 51.1 Å². The number of aryl methyl sites for hydroxylation is 1. The first-order valence-corrected chi connectivity index (χ1v) is 12.4. The van der Waals surface area contributed by atoms with Gasteiger partial charge in [-0.15, -0.1) is 11.8 Å². The molecule has 1 saturated heterocycles. The largest absolute Gasteiger partial charge is 0.508 e. The fourth-order valence-corrected chi connectivity index (χ4v) is 6.86. The van der Waals surface area contributed by atoms with Gasteiger partial charge in [0.2, 0.25) is 5.89 Å². The second-order valence-corrected chi connectivity index (χ2v) is 9.91.